The van der Waals surface area contributed by atoms with Crippen molar-refractivity contribution in [2.45, 2.75) is 68.5 Å². The molecule has 202 valence electrons. The molecule has 0 aromatic heterocycles. The van der Waals surface area contributed by atoms with Crippen LogP contribution >= 0.6 is 11.8 Å². The van der Waals surface area contributed by atoms with Crippen molar-refractivity contribution in [2.24, 2.45) is 5.92 Å². The number of amides is 3. The summed E-state index contributed by atoms with van der Waals surface area (Å²) in [5, 5.41) is 5.42. The minimum atomic E-state index is -4.54. The van der Waals surface area contributed by atoms with Crippen LogP contribution in [0.4, 0.5) is 18.0 Å². The summed E-state index contributed by atoms with van der Waals surface area (Å²) in [7, 11) is -3.94. The van der Waals surface area contributed by atoms with E-state index in [2.05, 4.69) is 15.4 Å². The minimum Gasteiger partial charge on any atom is -0.352 e. The highest BCUT2D eigenvalue weighted by Crippen LogP contribution is 2.32. The second-order valence-corrected chi connectivity index (χ2v) is 11.7. The molecule has 0 spiro atoms. The Kier molecular flexibility index (Phi) is 9.93. The van der Waals surface area contributed by atoms with Crippen LogP contribution in [0.15, 0.2) is 23.1 Å². The van der Waals surface area contributed by atoms with Gasteiger partial charge in [-0.15, -0.1) is 11.8 Å². The zero-order chi connectivity index (χ0) is 26.3. The van der Waals surface area contributed by atoms with Gasteiger partial charge in [-0.2, -0.15) is 25.9 Å². The standard InChI is InChI=1S/C23H33F3N4O4S2/c1-35-20-8-7-17(23(24,25)26)15-19(20)21(31)27-12-9-16-10-13-30(14-11-16)36(33,34)29-22(32)28-18-5-3-2-4-6-18/h7-8,15-16,18H,2-6,9-14H2,1H3,(H,27,31)(H2,28,29,32). The molecule has 1 heterocycles. The largest absolute Gasteiger partial charge is 0.416 e. The van der Waals surface area contributed by atoms with E-state index in [0.717, 1.165) is 44.2 Å². The molecule has 3 rings (SSSR count). The molecular weight excluding hydrogens is 517 g/mol. The van der Waals surface area contributed by atoms with Gasteiger partial charge >= 0.3 is 22.4 Å². The number of alkyl halides is 3. The highest BCUT2D eigenvalue weighted by Gasteiger charge is 2.32. The molecule has 8 nitrogen and oxygen atoms in total. The Bertz CT molecular complexity index is 1020. The SMILES string of the molecule is CSc1ccc(C(F)(F)F)cc1C(=O)NCCC1CCN(S(=O)(=O)NC(=O)NC2CCCCC2)CC1. The average molecular weight is 551 g/mol. The van der Waals surface area contributed by atoms with E-state index in [9.17, 15) is 31.2 Å². The summed E-state index contributed by atoms with van der Waals surface area (Å²) < 4.78 is 67.6. The molecule has 2 fully saturated rings. The predicted molar refractivity (Wildman–Crippen MR) is 132 cm³/mol. The van der Waals surface area contributed by atoms with E-state index in [1.165, 1.54) is 22.1 Å². The maximum absolute atomic E-state index is 13.0. The van der Waals surface area contributed by atoms with Crippen molar-refractivity contribution >= 4 is 33.9 Å². The lowest BCUT2D eigenvalue weighted by atomic mass is 9.94. The Morgan fingerprint density at radius 3 is 2.36 bits per heavy atom. The summed E-state index contributed by atoms with van der Waals surface area (Å²) in [5.41, 5.74) is -0.893. The van der Waals surface area contributed by atoms with Gasteiger partial charge in [0.2, 0.25) is 0 Å². The van der Waals surface area contributed by atoms with Crippen LogP contribution in [0.3, 0.4) is 0 Å². The second kappa shape index (κ2) is 12.5. The van der Waals surface area contributed by atoms with Crippen LogP contribution in [-0.2, 0) is 16.4 Å². The first-order chi connectivity index (χ1) is 17.0. The lowest BCUT2D eigenvalue weighted by Gasteiger charge is -2.31. The van der Waals surface area contributed by atoms with E-state index >= 15 is 0 Å². The van der Waals surface area contributed by atoms with Crippen LogP contribution < -0.4 is 15.4 Å². The van der Waals surface area contributed by atoms with Gasteiger partial charge in [0.1, 0.15) is 0 Å². The van der Waals surface area contributed by atoms with Gasteiger partial charge < -0.3 is 10.6 Å². The molecule has 3 amide bonds. The number of carbonyl (C=O) groups is 2. The lowest BCUT2D eigenvalue weighted by molar-refractivity contribution is -0.137. The molecule has 0 atom stereocenters. The molecule has 0 bridgehead atoms. The number of rotatable bonds is 8. The molecule has 0 radical (unpaired) electrons. The Hall–Kier alpha value is -1.99. The monoisotopic (exact) mass is 550 g/mol. The first kappa shape index (κ1) is 28.6. The van der Waals surface area contributed by atoms with E-state index in [-0.39, 0.29) is 37.2 Å². The number of thioether (sulfide) groups is 1. The van der Waals surface area contributed by atoms with Crippen LogP contribution in [0.5, 0.6) is 0 Å². The summed E-state index contributed by atoms with van der Waals surface area (Å²) in [6.45, 7) is 0.756. The summed E-state index contributed by atoms with van der Waals surface area (Å²) in [6, 6.07) is 2.41. The maximum Gasteiger partial charge on any atom is 0.416 e. The normalized spacial score (nSPS) is 18.6. The zero-order valence-electron chi connectivity index (χ0n) is 20.2. The quantitative estimate of drug-likeness (QED) is 0.422. The van der Waals surface area contributed by atoms with Gasteiger partial charge in [0.05, 0.1) is 11.1 Å². The molecule has 1 aliphatic carbocycles. The van der Waals surface area contributed by atoms with Gasteiger partial charge in [-0.3, -0.25) is 4.79 Å². The Labute approximate surface area is 214 Å². The summed E-state index contributed by atoms with van der Waals surface area (Å²) >= 11 is 1.20. The summed E-state index contributed by atoms with van der Waals surface area (Å²) in [5.74, 6) is -0.423. The van der Waals surface area contributed by atoms with E-state index in [4.69, 9.17) is 0 Å². The smallest absolute Gasteiger partial charge is 0.352 e. The van der Waals surface area contributed by atoms with Crippen molar-refractivity contribution in [3.8, 4) is 0 Å². The Balaban J connectivity index is 1.43. The number of halogens is 3. The number of urea groups is 1. The van der Waals surface area contributed by atoms with Crippen LogP contribution in [0.1, 0.15) is 67.3 Å². The number of hydrogen-bond donors (Lipinski definition) is 3. The Morgan fingerprint density at radius 1 is 1.08 bits per heavy atom. The summed E-state index contributed by atoms with van der Waals surface area (Å²) in [6.07, 6.45) is 3.70. The fourth-order valence-corrected chi connectivity index (χ4v) is 6.32. The van der Waals surface area contributed by atoms with Crippen molar-refractivity contribution in [2.75, 3.05) is 25.9 Å². The minimum absolute atomic E-state index is 0.00201. The molecule has 1 saturated carbocycles. The van der Waals surface area contributed by atoms with Gasteiger partial charge in [0.25, 0.3) is 5.91 Å². The first-order valence-corrected chi connectivity index (χ1v) is 14.8. The molecule has 1 aromatic rings. The number of nitrogens with one attached hydrogen (secondary N) is 3. The third kappa shape index (κ3) is 8.01. The van der Waals surface area contributed by atoms with E-state index in [1.54, 1.807) is 6.26 Å². The molecule has 0 unspecified atom stereocenters. The maximum atomic E-state index is 13.0. The van der Waals surface area contributed by atoms with Crippen molar-refractivity contribution in [3.63, 3.8) is 0 Å². The number of nitrogens with zero attached hydrogens (tertiary/aromatic N) is 1. The number of carbonyl (C=O) groups excluding carboxylic acids is 2. The van der Waals surface area contributed by atoms with Gasteiger partial charge in [-0.05, 0) is 62.5 Å². The molecule has 3 N–H and O–H groups in total. The van der Waals surface area contributed by atoms with Crippen molar-refractivity contribution in [3.05, 3.63) is 29.3 Å². The molecule has 1 aliphatic heterocycles. The van der Waals surface area contributed by atoms with Crippen molar-refractivity contribution < 1.29 is 31.2 Å². The van der Waals surface area contributed by atoms with Gasteiger partial charge in [-0.1, -0.05) is 19.3 Å². The van der Waals surface area contributed by atoms with Gasteiger partial charge in [-0.25, -0.2) is 9.52 Å². The van der Waals surface area contributed by atoms with E-state index in [1.807, 2.05) is 0 Å². The molecule has 2 aliphatic rings. The third-order valence-corrected chi connectivity index (χ3v) is 8.97. The predicted octanol–water partition coefficient (Wildman–Crippen LogP) is 4.14. The van der Waals surface area contributed by atoms with Crippen molar-refractivity contribution in [1.82, 2.24) is 19.7 Å². The number of benzene rings is 1. The fraction of sp³-hybridized carbons (Fsp3) is 0.652. The van der Waals surface area contributed by atoms with E-state index in [0.29, 0.717) is 24.2 Å². The second-order valence-electron chi connectivity index (χ2n) is 9.22. The van der Waals surface area contributed by atoms with Crippen LogP contribution in [0.2, 0.25) is 0 Å². The zero-order valence-corrected chi connectivity index (χ0v) is 21.8. The number of piperidine rings is 1. The van der Waals surface area contributed by atoms with E-state index < -0.39 is 33.9 Å². The van der Waals surface area contributed by atoms with Gasteiger partial charge in [0, 0.05) is 30.6 Å². The summed E-state index contributed by atoms with van der Waals surface area (Å²) in [4.78, 5) is 25.2. The van der Waals surface area contributed by atoms with Crippen molar-refractivity contribution in [1.29, 1.82) is 0 Å². The molecular formula is C23H33F3N4O4S2. The Morgan fingerprint density at radius 2 is 1.75 bits per heavy atom. The van der Waals surface area contributed by atoms with Crippen LogP contribution in [0.25, 0.3) is 0 Å². The van der Waals surface area contributed by atoms with Gasteiger partial charge in [0.15, 0.2) is 0 Å². The fourth-order valence-electron chi connectivity index (χ4n) is 4.63. The topological polar surface area (TPSA) is 108 Å². The average Bonchev–Trinajstić information content (AvgIpc) is 2.83. The highest BCUT2D eigenvalue weighted by atomic mass is 32.2. The van der Waals surface area contributed by atoms with Crippen LogP contribution in [-0.4, -0.2) is 56.6 Å². The molecule has 1 aromatic carbocycles. The molecule has 13 heteroatoms. The third-order valence-electron chi connectivity index (χ3n) is 6.69. The number of hydrogen-bond acceptors (Lipinski definition) is 5. The lowest BCUT2D eigenvalue weighted by Crippen LogP contribution is -2.51. The van der Waals surface area contributed by atoms with Crippen LogP contribution in [0, 0.1) is 5.92 Å². The molecule has 1 saturated heterocycles. The molecule has 36 heavy (non-hydrogen) atoms. The highest BCUT2D eigenvalue weighted by molar-refractivity contribution is 7.98. The first-order valence-electron chi connectivity index (χ1n) is 12.1.